The third kappa shape index (κ3) is 3.29. The standard InChI is InChI=1S/C14H18N4O.ClH/c19-13(18-11-3-1-5-15-9-11)7-10-8-17-14-12(10)4-2-6-16-14;/h2,4,6,8,11,15H,1,3,5,7,9H2,(H,16,17)(H,18,19);1H/t11-;/m0./s1. The van der Waals surface area contributed by atoms with Crippen LogP contribution in [-0.4, -0.2) is 35.0 Å². The van der Waals surface area contributed by atoms with Crippen LogP contribution in [0.5, 0.6) is 0 Å². The number of carbonyl (C=O) groups is 1. The van der Waals surface area contributed by atoms with Crippen molar-refractivity contribution in [3.63, 3.8) is 0 Å². The minimum atomic E-state index is 0. The van der Waals surface area contributed by atoms with Crippen molar-refractivity contribution in [3.8, 4) is 0 Å². The van der Waals surface area contributed by atoms with E-state index in [1.54, 1.807) is 6.20 Å². The summed E-state index contributed by atoms with van der Waals surface area (Å²) in [6, 6.07) is 4.15. The van der Waals surface area contributed by atoms with E-state index < -0.39 is 0 Å². The third-order valence-electron chi connectivity index (χ3n) is 3.55. The Labute approximate surface area is 124 Å². The second-order valence-electron chi connectivity index (χ2n) is 5.00. The van der Waals surface area contributed by atoms with Gasteiger partial charge in [-0.2, -0.15) is 0 Å². The Morgan fingerprint density at radius 3 is 3.20 bits per heavy atom. The van der Waals surface area contributed by atoms with Crippen molar-refractivity contribution >= 4 is 29.3 Å². The number of piperidine rings is 1. The highest BCUT2D eigenvalue weighted by Gasteiger charge is 2.16. The lowest BCUT2D eigenvalue weighted by Crippen LogP contribution is -2.46. The molecule has 0 bridgehead atoms. The summed E-state index contributed by atoms with van der Waals surface area (Å²) in [6.45, 7) is 1.93. The maximum Gasteiger partial charge on any atom is 0.224 e. The monoisotopic (exact) mass is 294 g/mol. The topological polar surface area (TPSA) is 69.8 Å². The van der Waals surface area contributed by atoms with E-state index in [-0.39, 0.29) is 24.4 Å². The first-order chi connectivity index (χ1) is 9.33. The van der Waals surface area contributed by atoms with Gasteiger partial charge in [0.15, 0.2) is 0 Å². The molecule has 5 nitrogen and oxygen atoms in total. The average molecular weight is 295 g/mol. The van der Waals surface area contributed by atoms with Crippen LogP contribution >= 0.6 is 12.4 Å². The van der Waals surface area contributed by atoms with Crippen LogP contribution in [0.15, 0.2) is 24.5 Å². The smallest absolute Gasteiger partial charge is 0.224 e. The maximum absolute atomic E-state index is 12.0. The summed E-state index contributed by atoms with van der Waals surface area (Å²) in [5.74, 6) is 0.0819. The van der Waals surface area contributed by atoms with E-state index in [1.165, 1.54) is 0 Å². The number of carbonyl (C=O) groups excluding carboxylic acids is 1. The Morgan fingerprint density at radius 1 is 1.50 bits per heavy atom. The van der Waals surface area contributed by atoms with Crippen molar-refractivity contribution in [2.45, 2.75) is 25.3 Å². The molecule has 20 heavy (non-hydrogen) atoms. The van der Waals surface area contributed by atoms with Gasteiger partial charge in [-0.05, 0) is 37.1 Å². The quantitative estimate of drug-likeness (QED) is 0.801. The second kappa shape index (κ2) is 6.72. The fourth-order valence-electron chi connectivity index (χ4n) is 2.59. The number of H-pyrrole nitrogens is 1. The Hall–Kier alpha value is -1.59. The van der Waals surface area contributed by atoms with Crippen LogP contribution < -0.4 is 10.6 Å². The number of halogens is 1. The third-order valence-corrected chi connectivity index (χ3v) is 3.55. The molecule has 1 aliphatic heterocycles. The Balaban J connectivity index is 0.00000147. The molecule has 3 rings (SSSR count). The molecule has 1 saturated heterocycles. The van der Waals surface area contributed by atoms with Gasteiger partial charge in [-0.15, -0.1) is 12.4 Å². The molecular weight excluding hydrogens is 276 g/mol. The highest BCUT2D eigenvalue weighted by atomic mass is 35.5. The molecular formula is C14H19ClN4O. The van der Waals surface area contributed by atoms with E-state index in [1.807, 2.05) is 18.3 Å². The zero-order valence-corrected chi connectivity index (χ0v) is 12.0. The summed E-state index contributed by atoms with van der Waals surface area (Å²) in [4.78, 5) is 19.4. The summed E-state index contributed by atoms with van der Waals surface area (Å²) >= 11 is 0. The largest absolute Gasteiger partial charge is 0.352 e. The van der Waals surface area contributed by atoms with Gasteiger partial charge in [-0.3, -0.25) is 4.79 Å². The zero-order chi connectivity index (χ0) is 13.1. The van der Waals surface area contributed by atoms with Crippen LogP contribution in [0.1, 0.15) is 18.4 Å². The van der Waals surface area contributed by atoms with Crippen molar-refractivity contribution in [1.82, 2.24) is 20.6 Å². The first-order valence-corrected chi connectivity index (χ1v) is 6.74. The van der Waals surface area contributed by atoms with Gasteiger partial charge in [0.2, 0.25) is 5.91 Å². The van der Waals surface area contributed by atoms with Crippen LogP contribution in [0.25, 0.3) is 11.0 Å². The molecule has 2 aromatic rings. The number of nitrogens with zero attached hydrogens (tertiary/aromatic N) is 1. The van der Waals surface area contributed by atoms with E-state index in [9.17, 15) is 4.79 Å². The fraction of sp³-hybridized carbons (Fsp3) is 0.429. The first kappa shape index (κ1) is 14.8. The Kier molecular flexibility index (Phi) is 4.98. The molecule has 3 N–H and O–H groups in total. The average Bonchev–Trinajstić information content (AvgIpc) is 2.83. The molecule has 0 aromatic carbocycles. The van der Waals surface area contributed by atoms with Crippen molar-refractivity contribution in [2.75, 3.05) is 13.1 Å². The number of amides is 1. The number of hydrogen-bond acceptors (Lipinski definition) is 3. The summed E-state index contributed by atoms with van der Waals surface area (Å²) in [6.07, 6.45) is 6.21. The minimum Gasteiger partial charge on any atom is -0.352 e. The predicted octanol–water partition coefficient (Wildman–Crippen LogP) is 1.40. The van der Waals surface area contributed by atoms with E-state index in [2.05, 4.69) is 20.6 Å². The lowest BCUT2D eigenvalue weighted by atomic mass is 10.1. The van der Waals surface area contributed by atoms with Gasteiger partial charge in [0.05, 0.1) is 6.42 Å². The van der Waals surface area contributed by atoms with E-state index in [4.69, 9.17) is 0 Å². The molecule has 1 aliphatic rings. The van der Waals surface area contributed by atoms with Gasteiger partial charge in [0.1, 0.15) is 5.65 Å². The number of nitrogens with one attached hydrogen (secondary N) is 3. The van der Waals surface area contributed by atoms with Crippen molar-refractivity contribution in [3.05, 3.63) is 30.1 Å². The molecule has 0 spiro atoms. The molecule has 6 heteroatoms. The van der Waals surface area contributed by atoms with E-state index >= 15 is 0 Å². The van der Waals surface area contributed by atoms with Gasteiger partial charge in [-0.25, -0.2) is 4.98 Å². The number of pyridine rings is 1. The molecule has 1 fully saturated rings. The normalized spacial score (nSPS) is 18.5. The molecule has 1 amide bonds. The number of rotatable bonds is 3. The van der Waals surface area contributed by atoms with Crippen LogP contribution in [0, 0.1) is 0 Å². The number of aromatic amines is 1. The van der Waals surface area contributed by atoms with Crippen molar-refractivity contribution in [1.29, 1.82) is 0 Å². The second-order valence-corrected chi connectivity index (χ2v) is 5.00. The van der Waals surface area contributed by atoms with Crippen molar-refractivity contribution < 1.29 is 4.79 Å². The number of fused-ring (bicyclic) bond motifs is 1. The molecule has 0 unspecified atom stereocenters. The lowest BCUT2D eigenvalue weighted by Gasteiger charge is -2.23. The Bertz CT molecular complexity index is 577. The molecule has 0 aliphatic carbocycles. The molecule has 108 valence electrons. The summed E-state index contributed by atoms with van der Waals surface area (Å²) < 4.78 is 0. The van der Waals surface area contributed by atoms with E-state index in [0.717, 1.165) is 42.5 Å². The van der Waals surface area contributed by atoms with Crippen LogP contribution in [0.2, 0.25) is 0 Å². The fourth-order valence-corrected chi connectivity index (χ4v) is 2.59. The SMILES string of the molecule is Cl.O=C(Cc1c[nH]c2ncccc12)N[C@H]1CCCNC1. The van der Waals surface area contributed by atoms with Crippen LogP contribution in [0.3, 0.4) is 0 Å². The van der Waals surface area contributed by atoms with Gasteiger partial charge in [0, 0.05) is 30.4 Å². The Morgan fingerprint density at radius 2 is 2.40 bits per heavy atom. The molecule has 3 heterocycles. The molecule has 0 saturated carbocycles. The molecule has 1 atom stereocenters. The minimum absolute atomic E-state index is 0. The lowest BCUT2D eigenvalue weighted by molar-refractivity contribution is -0.121. The van der Waals surface area contributed by atoms with Crippen LogP contribution in [-0.2, 0) is 11.2 Å². The number of hydrogen-bond donors (Lipinski definition) is 3. The van der Waals surface area contributed by atoms with Crippen molar-refractivity contribution in [2.24, 2.45) is 0 Å². The van der Waals surface area contributed by atoms with Crippen LogP contribution in [0.4, 0.5) is 0 Å². The predicted molar refractivity (Wildman–Crippen MR) is 81.1 cm³/mol. The summed E-state index contributed by atoms with van der Waals surface area (Å²) in [7, 11) is 0. The summed E-state index contributed by atoms with van der Waals surface area (Å²) in [5, 5.41) is 7.41. The zero-order valence-electron chi connectivity index (χ0n) is 11.2. The number of aromatic nitrogens is 2. The van der Waals surface area contributed by atoms with E-state index in [0.29, 0.717) is 6.42 Å². The first-order valence-electron chi connectivity index (χ1n) is 6.74. The molecule has 2 aromatic heterocycles. The highest BCUT2D eigenvalue weighted by molar-refractivity contribution is 5.87. The molecule has 0 radical (unpaired) electrons. The highest BCUT2D eigenvalue weighted by Crippen LogP contribution is 2.16. The summed E-state index contributed by atoms with van der Waals surface area (Å²) in [5.41, 5.74) is 1.84. The van der Waals surface area contributed by atoms with Gasteiger partial charge in [0.25, 0.3) is 0 Å². The van der Waals surface area contributed by atoms with Gasteiger partial charge < -0.3 is 15.6 Å². The maximum atomic E-state index is 12.0. The van der Waals surface area contributed by atoms with Gasteiger partial charge in [-0.1, -0.05) is 0 Å². The van der Waals surface area contributed by atoms with Gasteiger partial charge >= 0.3 is 0 Å².